The fourth-order valence-corrected chi connectivity index (χ4v) is 7.06. The number of methoxy groups -OCH3 is 1. The molecule has 1 aromatic rings. The summed E-state index contributed by atoms with van der Waals surface area (Å²) in [5.41, 5.74) is 3.31. The van der Waals surface area contributed by atoms with E-state index in [2.05, 4.69) is 30.3 Å². The summed E-state index contributed by atoms with van der Waals surface area (Å²) in [5, 5.41) is 4.11. The maximum atomic E-state index is 13.3. The first kappa shape index (κ1) is 17.9. The summed E-state index contributed by atoms with van der Waals surface area (Å²) >= 11 is 0. The topological polar surface area (TPSA) is 65.0 Å². The molecule has 148 valence electrons. The minimum Gasteiger partial charge on any atom is -0.497 e. The van der Waals surface area contributed by atoms with Gasteiger partial charge in [0.25, 0.3) is 0 Å². The average molecular weight is 381 g/mol. The zero-order chi connectivity index (χ0) is 19.7. The minimum atomic E-state index is -0.426. The Morgan fingerprint density at radius 1 is 1.29 bits per heavy atom. The largest absolute Gasteiger partial charge is 0.497 e. The highest BCUT2D eigenvalue weighted by Gasteiger charge is 2.72. The molecule has 4 aliphatic rings. The Hall–Kier alpha value is -2.17. The Labute approximate surface area is 165 Å². The van der Waals surface area contributed by atoms with Gasteiger partial charge in [0.15, 0.2) is 0 Å². The van der Waals surface area contributed by atoms with E-state index in [4.69, 9.17) is 9.57 Å². The van der Waals surface area contributed by atoms with Gasteiger partial charge in [0.05, 0.1) is 18.7 Å². The minimum absolute atomic E-state index is 0.0474. The van der Waals surface area contributed by atoms with Gasteiger partial charge in [-0.2, -0.15) is 0 Å². The lowest BCUT2D eigenvalue weighted by molar-refractivity contribution is -0.142. The standard InChI is InChI=1S/C23H27NO4/c1-13(25)28-24-20-12-23-11-18(20)21(26)22(23,2)9-8-17-16-6-5-15(27-3)10-14(16)4-7-19(17)23/h5-6,10,17-19H,4,7-9,11-12H2,1-3H3/b24-20-/t17-,18-,19-,22-,23+/m1/s1. The molecule has 1 spiro atoms. The van der Waals surface area contributed by atoms with E-state index in [0.29, 0.717) is 17.6 Å². The predicted molar refractivity (Wildman–Crippen MR) is 104 cm³/mol. The molecule has 5 heteroatoms. The lowest BCUT2D eigenvalue weighted by atomic mass is 9.46. The number of hydrogen-bond donors (Lipinski definition) is 0. The molecule has 5 nitrogen and oxygen atoms in total. The third-order valence-electron chi connectivity index (χ3n) is 8.34. The smallest absolute Gasteiger partial charge is 0.331 e. The Kier molecular flexibility index (Phi) is 3.78. The summed E-state index contributed by atoms with van der Waals surface area (Å²) in [4.78, 5) is 29.5. The monoisotopic (exact) mass is 381 g/mol. The molecule has 0 amide bonds. The predicted octanol–water partition coefficient (Wildman–Crippen LogP) is 4.04. The molecule has 0 aromatic heterocycles. The summed E-state index contributed by atoms with van der Waals surface area (Å²) in [7, 11) is 1.71. The van der Waals surface area contributed by atoms with Crippen molar-refractivity contribution in [2.24, 2.45) is 27.8 Å². The lowest BCUT2D eigenvalue weighted by Gasteiger charge is -2.56. The fourth-order valence-electron chi connectivity index (χ4n) is 7.06. The zero-order valence-electron chi connectivity index (χ0n) is 16.8. The van der Waals surface area contributed by atoms with E-state index < -0.39 is 5.97 Å². The Balaban J connectivity index is 1.54. The number of benzene rings is 1. The second-order valence-electron chi connectivity index (χ2n) is 9.31. The van der Waals surface area contributed by atoms with E-state index in [0.717, 1.165) is 50.0 Å². The van der Waals surface area contributed by atoms with Crippen molar-refractivity contribution in [3.05, 3.63) is 29.3 Å². The van der Waals surface area contributed by atoms with Crippen molar-refractivity contribution in [2.75, 3.05) is 7.11 Å². The molecule has 3 fully saturated rings. The van der Waals surface area contributed by atoms with Crippen LogP contribution in [-0.4, -0.2) is 24.6 Å². The van der Waals surface area contributed by atoms with E-state index in [1.54, 1.807) is 7.11 Å². The lowest BCUT2D eigenvalue weighted by Crippen LogP contribution is -2.53. The van der Waals surface area contributed by atoms with Crippen molar-refractivity contribution >= 4 is 17.5 Å². The Morgan fingerprint density at radius 3 is 2.86 bits per heavy atom. The molecule has 0 unspecified atom stereocenters. The number of carbonyl (C=O) groups is 2. The van der Waals surface area contributed by atoms with Crippen molar-refractivity contribution in [1.29, 1.82) is 0 Å². The number of oxime groups is 1. The SMILES string of the molecule is COc1ccc2c(c1)CC[C@@H]1[C@@H]2CC[C@]2(C)C(=O)[C@@H]3C[C@]12C/C3=N/OC(C)=O. The summed E-state index contributed by atoms with van der Waals surface area (Å²) in [6, 6.07) is 6.49. The first-order valence-corrected chi connectivity index (χ1v) is 10.3. The molecule has 28 heavy (non-hydrogen) atoms. The molecule has 0 saturated heterocycles. The van der Waals surface area contributed by atoms with Gasteiger partial charge in [0.2, 0.25) is 0 Å². The maximum absolute atomic E-state index is 13.3. The molecule has 5 atom stereocenters. The third-order valence-corrected chi connectivity index (χ3v) is 8.34. The van der Waals surface area contributed by atoms with Crippen LogP contribution >= 0.6 is 0 Å². The zero-order valence-corrected chi connectivity index (χ0v) is 16.8. The van der Waals surface area contributed by atoms with Crippen LogP contribution in [0.5, 0.6) is 5.75 Å². The van der Waals surface area contributed by atoms with Gasteiger partial charge in [-0.3, -0.25) is 4.79 Å². The van der Waals surface area contributed by atoms with E-state index >= 15 is 0 Å². The molecule has 0 radical (unpaired) electrons. The van der Waals surface area contributed by atoms with Crippen molar-refractivity contribution in [1.82, 2.24) is 0 Å². The van der Waals surface area contributed by atoms with Crippen LogP contribution in [0.15, 0.2) is 23.4 Å². The summed E-state index contributed by atoms with van der Waals surface area (Å²) in [6.45, 7) is 3.54. The first-order valence-electron chi connectivity index (χ1n) is 10.3. The Morgan fingerprint density at radius 2 is 2.11 bits per heavy atom. The van der Waals surface area contributed by atoms with Crippen LogP contribution < -0.4 is 4.74 Å². The molecule has 4 aliphatic carbocycles. The highest BCUT2D eigenvalue weighted by molar-refractivity contribution is 6.13. The van der Waals surface area contributed by atoms with Gasteiger partial charge in [-0.05, 0) is 79.0 Å². The average Bonchev–Trinajstić information content (AvgIpc) is 3.18. The number of rotatable bonds is 2. The van der Waals surface area contributed by atoms with Gasteiger partial charge < -0.3 is 9.57 Å². The van der Waals surface area contributed by atoms with Crippen molar-refractivity contribution in [3.63, 3.8) is 0 Å². The fraction of sp³-hybridized carbons (Fsp3) is 0.609. The number of Topliss-reactive ketones (excluding diaryl/α,β-unsaturated/α-hetero) is 1. The maximum Gasteiger partial charge on any atom is 0.331 e. The van der Waals surface area contributed by atoms with Gasteiger partial charge in [0.1, 0.15) is 11.5 Å². The van der Waals surface area contributed by atoms with E-state index in [9.17, 15) is 9.59 Å². The number of ketones is 1. The number of fused-ring (bicyclic) bond motifs is 4. The number of aryl methyl sites for hydroxylation is 1. The van der Waals surface area contributed by atoms with Gasteiger partial charge in [-0.25, -0.2) is 4.79 Å². The molecule has 0 aliphatic heterocycles. The molecule has 2 bridgehead atoms. The van der Waals surface area contributed by atoms with Crippen LogP contribution in [0, 0.1) is 22.7 Å². The van der Waals surface area contributed by atoms with Crippen LogP contribution in [0.4, 0.5) is 0 Å². The number of hydrogen-bond acceptors (Lipinski definition) is 5. The van der Waals surface area contributed by atoms with E-state index in [1.807, 2.05) is 0 Å². The van der Waals surface area contributed by atoms with E-state index in [1.165, 1.54) is 18.1 Å². The van der Waals surface area contributed by atoms with Crippen molar-refractivity contribution in [3.8, 4) is 5.75 Å². The van der Waals surface area contributed by atoms with Crippen LogP contribution in [0.3, 0.4) is 0 Å². The third kappa shape index (κ3) is 2.16. The summed E-state index contributed by atoms with van der Waals surface area (Å²) < 4.78 is 5.42. The normalized spacial score (nSPS) is 39.3. The van der Waals surface area contributed by atoms with Gasteiger partial charge >= 0.3 is 5.97 Å². The summed E-state index contributed by atoms with van der Waals surface area (Å²) in [5.74, 6) is 1.62. The highest BCUT2D eigenvalue weighted by atomic mass is 16.7. The number of carbonyl (C=O) groups excluding carboxylic acids is 2. The van der Waals surface area contributed by atoms with E-state index in [-0.39, 0.29) is 16.7 Å². The van der Waals surface area contributed by atoms with Gasteiger partial charge in [-0.15, -0.1) is 0 Å². The Bertz CT molecular complexity index is 906. The van der Waals surface area contributed by atoms with Crippen molar-refractivity contribution < 1.29 is 19.2 Å². The number of nitrogens with zero attached hydrogens (tertiary/aromatic N) is 1. The molecule has 1 aromatic carbocycles. The molecule has 3 saturated carbocycles. The van der Waals surface area contributed by atoms with Gasteiger partial charge in [0, 0.05) is 12.3 Å². The first-order chi connectivity index (χ1) is 13.4. The van der Waals surface area contributed by atoms with Crippen molar-refractivity contribution in [2.45, 2.75) is 58.3 Å². The van der Waals surface area contributed by atoms with Crippen LogP contribution in [0.25, 0.3) is 0 Å². The van der Waals surface area contributed by atoms with Crippen LogP contribution in [-0.2, 0) is 20.8 Å². The quantitative estimate of drug-likeness (QED) is 0.573. The highest BCUT2D eigenvalue weighted by Crippen LogP contribution is 2.72. The molecular weight excluding hydrogens is 354 g/mol. The molecule has 0 heterocycles. The second-order valence-corrected chi connectivity index (χ2v) is 9.31. The number of ether oxygens (including phenoxy) is 1. The van der Waals surface area contributed by atoms with Gasteiger partial charge in [-0.1, -0.05) is 18.1 Å². The second kappa shape index (κ2) is 5.91. The molecular formula is C23H27NO4. The summed E-state index contributed by atoms with van der Waals surface area (Å²) in [6.07, 6.45) is 5.80. The molecule has 5 rings (SSSR count). The van der Waals surface area contributed by atoms with Crippen LogP contribution in [0.2, 0.25) is 0 Å². The van der Waals surface area contributed by atoms with Crippen LogP contribution in [0.1, 0.15) is 63.0 Å². The molecule has 0 N–H and O–H groups in total.